The fraction of sp³-hybridized carbons (Fsp3) is 0.800. The highest BCUT2D eigenvalue weighted by Crippen LogP contribution is 2.14. The van der Waals surface area contributed by atoms with E-state index in [0.29, 0.717) is 19.0 Å². The molecule has 0 spiro atoms. The van der Waals surface area contributed by atoms with Crippen LogP contribution in [0.4, 0.5) is 0 Å². The normalized spacial score (nSPS) is 23.5. The molecule has 0 aromatic heterocycles. The monoisotopic (exact) mass is 256 g/mol. The summed E-state index contributed by atoms with van der Waals surface area (Å²) in [5.41, 5.74) is 0. The van der Waals surface area contributed by atoms with Crippen LogP contribution in [0.1, 0.15) is 0 Å². The van der Waals surface area contributed by atoms with Gasteiger partial charge in [-0.15, -0.1) is 0 Å². The van der Waals surface area contributed by atoms with Gasteiger partial charge in [-0.25, -0.2) is 4.31 Å². The number of hydrogen-bond acceptors (Lipinski definition) is 6. The first-order chi connectivity index (χ1) is 8.40. The van der Waals surface area contributed by atoms with Crippen molar-refractivity contribution in [1.29, 1.82) is 5.26 Å². The second-order valence-electron chi connectivity index (χ2n) is 3.75. The molecule has 0 aromatic carbocycles. The van der Waals surface area contributed by atoms with Gasteiger partial charge in [0.05, 0.1) is 38.6 Å². The third-order valence-corrected chi connectivity index (χ3v) is 3.47. The third-order valence-electron chi connectivity index (χ3n) is 2.62. The molecule has 2 heterocycles. The Hall–Kier alpha value is -0.810. The van der Waals surface area contributed by atoms with E-state index < -0.39 is 0 Å². The van der Waals surface area contributed by atoms with Gasteiger partial charge in [0.1, 0.15) is 6.07 Å². The number of nitrogens with zero attached hydrogens (tertiary/aromatic N) is 4. The Balaban J connectivity index is 1.85. The molecule has 0 saturated carbocycles. The first-order valence-electron chi connectivity index (χ1n) is 5.71. The summed E-state index contributed by atoms with van der Waals surface area (Å²) in [5.74, 6) is 0.491. The standard InChI is InChI=1S/C10H16N4O2S/c11-9-10(13-1-5-15-6-2-13)12-17-14-3-7-16-8-4-14/h1-8H2/b12-10-. The minimum atomic E-state index is 0.491. The van der Waals surface area contributed by atoms with E-state index in [0.717, 1.165) is 39.4 Å². The topological polar surface area (TPSA) is 61.1 Å². The molecule has 0 atom stereocenters. The van der Waals surface area contributed by atoms with Gasteiger partial charge >= 0.3 is 0 Å². The molecule has 17 heavy (non-hydrogen) atoms. The van der Waals surface area contributed by atoms with Crippen molar-refractivity contribution < 1.29 is 9.47 Å². The lowest BCUT2D eigenvalue weighted by Gasteiger charge is -2.27. The molecule has 2 fully saturated rings. The van der Waals surface area contributed by atoms with Gasteiger partial charge in [-0.1, -0.05) is 0 Å². The van der Waals surface area contributed by atoms with Gasteiger partial charge < -0.3 is 14.4 Å². The first-order valence-corrected chi connectivity index (χ1v) is 6.44. The van der Waals surface area contributed by atoms with E-state index in [9.17, 15) is 0 Å². The van der Waals surface area contributed by atoms with Crippen molar-refractivity contribution in [3.8, 4) is 6.07 Å². The van der Waals surface area contributed by atoms with Crippen LogP contribution in [-0.4, -0.2) is 67.6 Å². The quantitative estimate of drug-likeness (QED) is 0.398. The van der Waals surface area contributed by atoms with Gasteiger partial charge in [0.2, 0.25) is 5.84 Å². The molecule has 2 aliphatic rings. The van der Waals surface area contributed by atoms with E-state index >= 15 is 0 Å². The Kier molecular flexibility index (Phi) is 5.07. The maximum Gasteiger partial charge on any atom is 0.217 e. The lowest BCUT2D eigenvalue weighted by atomic mass is 10.4. The summed E-state index contributed by atoms with van der Waals surface area (Å²) in [6.45, 7) is 6.02. The molecule has 0 aliphatic carbocycles. The molecular weight excluding hydrogens is 240 g/mol. The van der Waals surface area contributed by atoms with Crippen molar-refractivity contribution in [3.05, 3.63) is 0 Å². The number of hydrogen-bond donors (Lipinski definition) is 0. The lowest BCUT2D eigenvalue weighted by Crippen LogP contribution is -2.40. The van der Waals surface area contributed by atoms with Crippen LogP contribution in [0.5, 0.6) is 0 Å². The van der Waals surface area contributed by atoms with E-state index in [4.69, 9.17) is 14.7 Å². The van der Waals surface area contributed by atoms with Gasteiger partial charge in [-0.3, -0.25) is 0 Å². The fourth-order valence-electron chi connectivity index (χ4n) is 1.65. The van der Waals surface area contributed by atoms with Crippen LogP contribution in [-0.2, 0) is 9.47 Å². The van der Waals surface area contributed by atoms with Crippen LogP contribution < -0.4 is 0 Å². The Morgan fingerprint density at radius 1 is 1.06 bits per heavy atom. The summed E-state index contributed by atoms with van der Waals surface area (Å²) in [7, 11) is 0. The average molecular weight is 256 g/mol. The van der Waals surface area contributed by atoms with E-state index in [1.165, 1.54) is 12.1 Å². The van der Waals surface area contributed by atoms with Gasteiger partial charge in [0.25, 0.3) is 0 Å². The first kappa shape index (κ1) is 12.6. The molecule has 0 aromatic rings. The van der Waals surface area contributed by atoms with Crippen molar-refractivity contribution in [3.63, 3.8) is 0 Å². The average Bonchev–Trinajstić information content (AvgIpc) is 2.42. The Morgan fingerprint density at radius 3 is 2.24 bits per heavy atom. The highest BCUT2D eigenvalue weighted by molar-refractivity contribution is 7.95. The molecular formula is C10H16N4O2S. The van der Waals surface area contributed by atoms with Crippen molar-refractivity contribution in [1.82, 2.24) is 9.21 Å². The van der Waals surface area contributed by atoms with Crippen molar-refractivity contribution in [2.24, 2.45) is 4.40 Å². The number of nitriles is 1. The largest absolute Gasteiger partial charge is 0.379 e. The third kappa shape index (κ3) is 3.85. The molecule has 2 rings (SSSR count). The van der Waals surface area contributed by atoms with Gasteiger partial charge in [-0.2, -0.15) is 9.66 Å². The van der Waals surface area contributed by atoms with Crippen molar-refractivity contribution in [2.75, 3.05) is 52.6 Å². The van der Waals surface area contributed by atoms with E-state index in [-0.39, 0.29) is 0 Å². The molecule has 0 radical (unpaired) electrons. The summed E-state index contributed by atoms with van der Waals surface area (Å²) in [5, 5.41) is 9.09. The van der Waals surface area contributed by atoms with E-state index in [2.05, 4.69) is 14.8 Å². The Labute approximate surface area is 105 Å². The van der Waals surface area contributed by atoms with Crippen LogP contribution in [0.3, 0.4) is 0 Å². The maximum absolute atomic E-state index is 9.09. The van der Waals surface area contributed by atoms with Crippen LogP contribution in [0.15, 0.2) is 4.40 Å². The van der Waals surface area contributed by atoms with Gasteiger partial charge in [-0.05, 0) is 0 Å². The molecule has 0 bridgehead atoms. The van der Waals surface area contributed by atoms with Crippen LogP contribution in [0.2, 0.25) is 0 Å². The number of ether oxygens (including phenoxy) is 2. The summed E-state index contributed by atoms with van der Waals surface area (Å²) in [6.07, 6.45) is 0. The summed E-state index contributed by atoms with van der Waals surface area (Å²) >= 11 is 1.36. The molecule has 0 unspecified atom stereocenters. The summed E-state index contributed by atoms with van der Waals surface area (Å²) in [6, 6.07) is 2.15. The lowest BCUT2D eigenvalue weighted by molar-refractivity contribution is 0.0686. The van der Waals surface area contributed by atoms with E-state index in [1.807, 2.05) is 4.90 Å². The zero-order valence-corrected chi connectivity index (χ0v) is 10.5. The van der Waals surface area contributed by atoms with Crippen LogP contribution >= 0.6 is 12.1 Å². The molecule has 2 saturated heterocycles. The van der Waals surface area contributed by atoms with Gasteiger partial charge in [0.15, 0.2) is 0 Å². The fourth-order valence-corrected chi connectivity index (χ4v) is 2.31. The molecule has 2 aliphatic heterocycles. The minimum Gasteiger partial charge on any atom is -0.379 e. The number of rotatable bonds is 2. The molecule has 94 valence electrons. The molecule has 0 amide bonds. The molecule has 6 nitrogen and oxygen atoms in total. The Bertz CT molecular complexity index is 306. The van der Waals surface area contributed by atoms with Crippen LogP contribution in [0.25, 0.3) is 0 Å². The van der Waals surface area contributed by atoms with Crippen molar-refractivity contribution >= 4 is 18.0 Å². The molecule has 0 N–H and O–H groups in total. The Morgan fingerprint density at radius 2 is 1.65 bits per heavy atom. The predicted molar refractivity (Wildman–Crippen MR) is 65.4 cm³/mol. The highest BCUT2D eigenvalue weighted by atomic mass is 32.2. The zero-order chi connectivity index (χ0) is 11.9. The van der Waals surface area contributed by atoms with Crippen LogP contribution in [0, 0.1) is 11.3 Å². The molecule has 7 heteroatoms. The van der Waals surface area contributed by atoms with E-state index in [1.54, 1.807) is 0 Å². The number of amidine groups is 1. The smallest absolute Gasteiger partial charge is 0.217 e. The number of morpholine rings is 2. The SMILES string of the molecule is N#C/C(=N/SN1CCOCC1)N1CCOCC1. The summed E-state index contributed by atoms with van der Waals surface area (Å²) in [4.78, 5) is 1.97. The maximum atomic E-state index is 9.09. The predicted octanol–water partition coefficient (Wildman–Crippen LogP) is 0.136. The zero-order valence-electron chi connectivity index (χ0n) is 9.67. The minimum absolute atomic E-state index is 0.491. The summed E-state index contributed by atoms with van der Waals surface area (Å²) < 4.78 is 16.9. The second-order valence-corrected chi connectivity index (χ2v) is 4.61. The highest BCUT2D eigenvalue weighted by Gasteiger charge is 2.16. The second kappa shape index (κ2) is 6.81. The van der Waals surface area contributed by atoms with Gasteiger partial charge in [0, 0.05) is 26.2 Å². The van der Waals surface area contributed by atoms with Crippen molar-refractivity contribution in [2.45, 2.75) is 0 Å².